The summed E-state index contributed by atoms with van der Waals surface area (Å²) in [5.41, 5.74) is 3.12. The molecule has 3 rings (SSSR count). The van der Waals surface area contributed by atoms with Crippen LogP contribution >= 0.6 is 11.8 Å². The van der Waals surface area contributed by atoms with Crippen molar-refractivity contribution in [3.05, 3.63) is 29.7 Å². The lowest BCUT2D eigenvalue weighted by molar-refractivity contribution is 0.522. The van der Waals surface area contributed by atoms with Crippen molar-refractivity contribution in [2.45, 2.75) is 19.9 Å². The van der Waals surface area contributed by atoms with Gasteiger partial charge in [-0.25, -0.2) is 9.50 Å². The number of thioether (sulfide) groups is 1. The van der Waals surface area contributed by atoms with Crippen molar-refractivity contribution < 1.29 is 0 Å². The third-order valence-electron chi connectivity index (χ3n) is 3.28. The molecule has 1 aliphatic heterocycles. The van der Waals surface area contributed by atoms with Crippen molar-refractivity contribution >= 4 is 17.4 Å². The molecule has 18 heavy (non-hydrogen) atoms. The molecule has 1 atom stereocenters. The zero-order chi connectivity index (χ0) is 12.4. The molecule has 1 unspecified atom stereocenters. The van der Waals surface area contributed by atoms with Crippen molar-refractivity contribution in [2.24, 2.45) is 5.92 Å². The van der Waals surface area contributed by atoms with Gasteiger partial charge in [-0.1, -0.05) is 0 Å². The number of aromatic nitrogens is 3. The third-order valence-corrected chi connectivity index (χ3v) is 4.51. The second-order valence-corrected chi connectivity index (χ2v) is 6.06. The molecule has 0 aliphatic carbocycles. The standard InChI is InChI=1S/C13H18N4S/c1-10-4-13-15-7-12(8-17(13)16-10)6-14-5-11-2-3-18-9-11/h4,7-8,11,14H,2-3,5-6,9H2,1H3. The first-order chi connectivity index (χ1) is 8.81. The third kappa shape index (κ3) is 2.67. The molecule has 0 aromatic carbocycles. The first kappa shape index (κ1) is 12.0. The Morgan fingerprint density at radius 1 is 1.56 bits per heavy atom. The Hall–Kier alpha value is -1.07. The van der Waals surface area contributed by atoms with Gasteiger partial charge in [-0.15, -0.1) is 0 Å². The van der Waals surface area contributed by atoms with E-state index in [9.17, 15) is 0 Å². The van der Waals surface area contributed by atoms with Crippen LogP contribution in [0.2, 0.25) is 0 Å². The zero-order valence-corrected chi connectivity index (χ0v) is 11.4. The smallest absolute Gasteiger partial charge is 0.155 e. The highest BCUT2D eigenvalue weighted by atomic mass is 32.2. The number of nitrogens with one attached hydrogen (secondary N) is 1. The van der Waals surface area contributed by atoms with Crippen LogP contribution in [0, 0.1) is 12.8 Å². The monoisotopic (exact) mass is 262 g/mol. The minimum absolute atomic E-state index is 0.846. The Labute approximate surface area is 111 Å². The van der Waals surface area contributed by atoms with Gasteiger partial charge in [0.2, 0.25) is 0 Å². The quantitative estimate of drug-likeness (QED) is 0.913. The van der Waals surface area contributed by atoms with Gasteiger partial charge in [-0.3, -0.25) is 0 Å². The molecule has 2 aromatic heterocycles. The van der Waals surface area contributed by atoms with Gasteiger partial charge in [0, 0.05) is 30.6 Å². The predicted molar refractivity (Wildman–Crippen MR) is 74.9 cm³/mol. The molecule has 3 heterocycles. The molecule has 1 N–H and O–H groups in total. The Kier molecular flexibility index (Phi) is 3.52. The van der Waals surface area contributed by atoms with Crippen molar-refractivity contribution in [3.63, 3.8) is 0 Å². The summed E-state index contributed by atoms with van der Waals surface area (Å²) in [5, 5.41) is 7.90. The molecule has 0 radical (unpaired) electrons. The van der Waals surface area contributed by atoms with Crippen LogP contribution in [0.5, 0.6) is 0 Å². The molecule has 1 fully saturated rings. The molecule has 5 heteroatoms. The minimum atomic E-state index is 0.846. The second-order valence-electron chi connectivity index (χ2n) is 4.91. The molecule has 1 aliphatic rings. The summed E-state index contributed by atoms with van der Waals surface area (Å²) in [6.45, 7) is 3.98. The Balaban J connectivity index is 1.59. The highest BCUT2D eigenvalue weighted by Gasteiger charge is 2.14. The van der Waals surface area contributed by atoms with Crippen LogP contribution in [-0.4, -0.2) is 32.6 Å². The van der Waals surface area contributed by atoms with Crippen molar-refractivity contribution in [2.75, 3.05) is 18.1 Å². The van der Waals surface area contributed by atoms with Crippen molar-refractivity contribution in [3.8, 4) is 0 Å². The number of hydrogen-bond acceptors (Lipinski definition) is 4. The fraction of sp³-hybridized carbons (Fsp3) is 0.538. The molecular formula is C13H18N4S. The molecular weight excluding hydrogens is 244 g/mol. The molecule has 0 bridgehead atoms. The fourth-order valence-electron chi connectivity index (χ4n) is 2.29. The van der Waals surface area contributed by atoms with E-state index in [1.807, 2.05) is 23.7 Å². The van der Waals surface area contributed by atoms with E-state index in [1.54, 1.807) is 0 Å². The number of hydrogen-bond donors (Lipinski definition) is 1. The summed E-state index contributed by atoms with van der Waals surface area (Å²) < 4.78 is 1.86. The van der Waals surface area contributed by atoms with E-state index in [0.29, 0.717) is 0 Å². The highest BCUT2D eigenvalue weighted by molar-refractivity contribution is 7.99. The highest BCUT2D eigenvalue weighted by Crippen LogP contribution is 2.22. The lowest BCUT2D eigenvalue weighted by Gasteiger charge is -2.09. The summed E-state index contributed by atoms with van der Waals surface area (Å²) in [4.78, 5) is 4.41. The van der Waals surface area contributed by atoms with Gasteiger partial charge in [0.15, 0.2) is 5.65 Å². The molecule has 0 spiro atoms. The molecule has 1 saturated heterocycles. The minimum Gasteiger partial charge on any atom is -0.312 e. The van der Waals surface area contributed by atoms with Gasteiger partial charge in [0.05, 0.1) is 5.69 Å². The lowest BCUT2D eigenvalue weighted by atomic mass is 10.1. The van der Waals surface area contributed by atoms with E-state index in [2.05, 4.69) is 33.4 Å². The van der Waals surface area contributed by atoms with Crippen LogP contribution in [0.3, 0.4) is 0 Å². The zero-order valence-electron chi connectivity index (χ0n) is 10.6. The summed E-state index contributed by atoms with van der Waals surface area (Å²) in [6, 6.07) is 1.99. The maximum atomic E-state index is 4.41. The topological polar surface area (TPSA) is 42.2 Å². The second kappa shape index (κ2) is 5.28. The van der Waals surface area contributed by atoms with Crippen LogP contribution < -0.4 is 5.32 Å². The number of nitrogens with zero attached hydrogens (tertiary/aromatic N) is 3. The number of rotatable bonds is 4. The summed E-state index contributed by atoms with van der Waals surface area (Å²) in [6.07, 6.45) is 5.35. The molecule has 96 valence electrons. The summed E-state index contributed by atoms with van der Waals surface area (Å²) in [7, 11) is 0. The van der Waals surface area contributed by atoms with E-state index >= 15 is 0 Å². The maximum Gasteiger partial charge on any atom is 0.155 e. The van der Waals surface area contributed by atoms with Crippen molar-refractivity contribution in [1.29, 1.82) is 0 Å². The van der Waals surface area contributed by atoms with Crippen LogP contribution in [-0.2, 0) is 6.54 Å². The van der Waals surface area contributed by atoms with E-state index in [-0.39, 0.29) is 0 Å². The Bertz CT molecular complexity index is 531. The molecule has 0 saturated carbocycles. The molecule has 2 aromatic rings. The average molecular weight is 262 g/mol. The first-order valence-corrected chi connectivity index (χ1v) is 7.56. The largest absolute Gasteiger partial charge is 0.312 e. The van der Waals surface area contributed by atoms with Crippen molar-refractivity contribution in [1.82, 2.24) is 19.9 Å². The van der Waals surface area contributed by atoms with Gasteiger partial charge >= 0.3 is 0 Å². The first-order valence-electron chi connectivity index (χ1n) is 6.40. The van der Waals surface area contributed by atoms with E-state index in [1.165, 1.54) is 23.5 Å². The fourth-order valence-corrected chi connectivity index (χ4v) is 3.57. The Morgan fingerprint density at radius 2 is 2.50 bits per heavy atom. The summed E-state index contributed by atoms with van der Waals surface area (Å²) >= 11 is 2.07. The van der Waals surface area contributed by atoms with Gasteiger partial charge in [-0.2, -0.15) is 16.9 Å². The van der Waals surface area contributed by atoms with Crippen LogP contribution in [0.1, 0.15) is 17.7 Å². The van der Waals surface area contributed by atoms with Gasteiger partial charge in [-0.05, 0) is 37.3 Å². The molecule has 4 nitrogen and oxygen atoms in total. The van der Waals surface area contributed by atoms with Crippen LogP contribution in [0.15, 0.2) is 18.5 Å². The van der Waals surface area contributed by atoms with Crippen LogP contribution in [0.4, 0.5) is 0 Å². The van der Waals surface area contributed by atoms with E-state index in [4.69, 9.17) is 0 Å². The lowest BCUT2D eigenvalue weighted by Crippen LogP contribution is -2.22. The van der Waals surface area contributed by atoms with Gasteiger partial charge in [0.1, 0.15) is 0 Å². The number of fused-ring (bicyclic) bond motifs is 1. The predicted octanol–water partition coefficient (Wildman–Crippen LogP) is 1.88. The van der Waals surface area contributed by atoms with Gasteiger partial charge < -0.3 is 5.32 Å². The SMILES string of the molecule is Cc1cc2ncc(CNCC3CCSC3)cn2n1. The summed E-state index contributed by atoms with van der Waals surface area (Å²) in [5.74, 6) is 3.48. The normalized spacial score (nSPS) is 19.7. The van der Waals surface area contributed by atoms with Gasteiger partial charge in [0.25, 0.3) is 0 Å². The maximum absolute atomic E-state index is 4.41. The molecule has 0 amide bonds. The number of aryl methyl sites for hydroxylation is 1. The van der Waals surface area contributed by atoms with E-state index < -0.39 is 0 Å². The Morgan fingerprint density at radius 3 is 3.33 bits per heavy atom. The van der Waals surface area contributed by atoms with Crippen LogP contribution in [0.25, 0.3) is 5.65 Å². The average Bonchev–Trinajstić information content (AvgIpc) is 2.96. The van der Waals surface area contributed by atoms with E-state index in [0.717, 1.165) is 30.3 Å².